The smallest absolute Gasteiger partial charge is 0.240 e. The second kappa shape index (κ2) is 7.70. The summed E-state index contributed by atoms with van der Waals surface area (Å²) in [6.45, 7) is 2.18. The quantitative estimate of drug-likeness (QED) is 0.651. The molecule has 1 aromatic rings. The first kappa shape index (κ1) is 13.5. The van der Waals surface area contributed by atoms with E-state index in [2.05, 4.69) is 20.6 Å². The predicted octanol–water partition coefficient (Wildman–Crippen LogP) is -0.0436. The molecular formula is C11H19N5O. The molecule has 2 N–H and O–H groups in total. The van der Waals surface area contributed by atoms with E-state index in [0.29, 0.717) is 12.5 Å². The summed E-state index contributed by atoms with van der Waals surface area (Å²) in [6, 6.07) is 1.71. The molecule has 1 rings (SSSR count). The summed E-state index contributed by atoms with van der Waals surface area (Å²) in [5.74, 6) is 0.254. The molecule has 0 atom stereocenters. The van der Waals surface area contributed by atoms with Crippen LogP contribution in [0.2, 0.25) is 0 Å². The zero-order valence-electron chi connectivity index (χ0n) is 10.3. The molecule has 0 aliphatic heterocycles. The first-order valence-electron chi connectivity index (χ1n) is 5.62. The van der Waals surface area contributed by atoms with Crippen molar-refractivity contribution in [3.63, 3.8) is 0 Å². The van der Waals surface area contributed by atoms with Crippen LogP contribution in [0.5, 0.6) is 0 Å². The SMILES string of the molecule is CNCCCN(C)CC(=O)Nc1ncccn1. The van der Waals surface area contributed by atoms with Crippen LogP contribution in [0.25, 0.3) is 0 Å². The zero-order chi connectivity index (χ0) is 12.5. The highest BCUT2D eigenvalue weighted by Crippen LogP contribution is 1.94. The van der Waals surface area contributed by atoms with Gasteiger partial charge in [0.25, 0.3) is 0 Å². The minimum atomic E-state index is -0.0943. The third-order valence-corrected chi connectivity index (χ3v) is 2.20. The van der Waals surface area contributed by atoms with Crippen molar-refractivity contribution in [2.45, 2.75) is 6.42 Å². The van der Waals surface area contributed by atoms with Gasteiger partial charge in [-0.3, -0.25) is 15.0 Å². The van der Waals surface area contributed by atoms with E-state index < -0.39 is 0 Å². The average molecular weight is 237 g/mol. The van der Waals surface area contributed by atoms with Gasteiger partial charge in [0.05, 0.1) is 6.54 Å². The number of hydrogen-bond donors (Lipinski definition) is 2. The number of carbonyl (C=O) groups is 1. The first-order chi connectivity index (χ1) is 8.22. The number of nitrogens with one attached hydrogen (secondary N) is 2. The number of anilines is 1. The fraction of sp³-hybridized carbons (Fsp3) is 0.545. The summed E-state index contributed by atoms with van der Waals surface area (Å²) in [4.78, 5) is 21.4. The van der Waals surface area contributed by atoms with Gasteiger partial charge < -0.3 is 5.32 Å². The standard InChI is InChI=1S/C11H19N5O/c1-12-5-4-8-16(2)9-10(17)15-11-13-6-3-7-14-11/h3,6-7,12H,4-5,8-9H2,1-2H3,(H,13,14,15,17). The largest absolute Gasteiger partial charge is 0.320 e. The van der Waals surface area contributed by atoms with Crippen molar-refractivity contribution in [3.05, 3.63) is 18.5 Å². The molecule has 0 spiro atoms. The Morgan fingerprint density at radius 1 is 1.41 bits per heavy atom. The molecule has 0 fully saturated rings. The minimum Gasteiger partial charge on any atom is -0.320 e. The van der Waals surface area contributed by atoms with Crippen molar-refractivity contribution in [2.24, 2.45) is 0 Å². The summed E-state index contributed by atoms with van der Waals surface area (Å²) in [6.07, 6.45) is 4.21. The number of aromatic nitrogens is 2. The summed E-state index contributed by atoms with van der Waals surface area (Å²) in [5, 5.41) is 5.71. The Balaban J connectivity index is 2.25. The van der Waals surface area contributed by atoms with Crippen LogP contribution in [0.3, 0.4) is 0 Å². The molecule has 6 heteroatoms. The van der Waals surface area contributed by atoms with E-state index in [1.165, 1.54) is 0 Å². The number of amides is 1. The lowest BCUT2D eigenvalue weighted by Gasteiger charge is -2.15. The minimum absolute atomic E-state index is 0.0943. The van der Waals surface area contributed by atoms with Gasteiger partial charge in [0.15, 0.2) is 0 Å². The van der Waals surface area contributed by atoms with Crippen LogP contribution in [-0.2, 0) is 4.79 Å². The van der Waals surface area contributed by atoms with Crippen LogP contribution in [-0.4, -0.2) is 54.5 Å². The third kappa shape index (κ3) is 5.94. The molecule has 1 amide bonds. The van der Waals surface area contributed by atoms with E-state index >= 15 is 0 Å². The molecule has 0 saturated carbocycles. The van der Waals surface area contributed by atoms with Crippen molar-refractivity contribution >= 4 is 11.9 Å². The van der Waals surface area contributed by atoms with E-state index in [9.17, 15) is 4.79 Å². The van der Waals surface area contributed by atoms with Crippen LogP contribution in [0.15, 0.2) is 18.5 Å². The third-order valence-electron chi connectivity index (χ3n) is 2.20. The van der Waals surface area contributed by atoms with Gasteiger partial charge in [0.2, 0.25) is 11.9 Å². The monoisotopic (exact) mass is 237 g/mol. The molecule has 0 aromatic carbocycles. The number of carbonyl (C=O) groups excluding carboxylic acids is 1. The van der Waals surface area contributed by atoms with E-state index in [4.69, 9.17) is 0 Å². The Labute approximate surface area is 101 Å². The van der Waals surface area contributed by atoms with Gasteiger partial charge in [0.1, 0.15) is 0 Å². The van der Waals surface area contributed by atoms with Gasteiger partial charge in [-0.15, -0.1) is 0 Å². The topological polar surface area (TPSA) is 70.2 Å². The molecule has 6 nitrogen and oxygen atoms in total. The van der Waals surface area contributed by atoms with Crippen LogP contribution in [0.4, 0.5) is 5.95 Å². The maximum atomic E-state index is 11.6. The highest BCUT2D eigenvalue weighted by Gasteiger charge is 2.07. The molecule has 1 aromatic heterocycles. The summed E-state index contributed by atoms with van der Waals surface area (Å²) in [7, 11) is 3.83. The Hall–Kier alpha value is -1.53. The lowest BCUT2D eigenvalue weighted by molar-refractivity contribution is -0.117. The molecule has 0 aliphatic carbocycles. The molecule has 17 heavy (non-hydrogen) atoms. The molecule has 1 heterocycles. The molecule has 0 bridgehead atoms. The lowest BCUT2D eigenvalue weighted by Crippen LogP contribution is -2.32. The van der Waals surface area contributed by atoms with Crippen molar-refractivity contribution in [3.8, 4) is 0 Å². The maximum Gasteiger partial charge on any atom is 0.240 e. The molecular weight excluding hydrogens is 218 g/mol. The highest BCUT2D eigenvalue weighted by molar-refractivity contribution is 5.90. The van der Waals surface area contributed by atoms with Gasteiger partial charge in [-0.25, -0.2) is 9.97 Å². The van der Waals surface area contributed by atoms with Gasteiger partial charge in [-0.2, -0.15) is 0 Å². The van der Waals surface area contributed by atoms with E-state index in [0.717, 1.165) is 19.5 Å². The van der Waals surface area contributed by atoms with Crippen molar-refractivity contribution in [1.82, 2.24) is 20.2 Å². The van der Waals surface area contributed by atoms with Crippen molar-refractivity contribution in [1.29, 1.82) is 0 Å². The van der Waals surface area contributed by atoms with Crippen molar-refractivity contribution in [2.75, 3.05) is 39.0 Å². The Bertz CT molecular complexity index is 330. The van der Waals surface area contributed by atoms with Gasteiger partial charge >= 0.3 is 0 Å². The van der Waals surface area contributed by atoms with Crippen LogP contribution >= 0.6 is 0 Å². The maximum absolute atomic E-state index is 11.6. The Morgan fingerprint density at radius 3 is 2.76 bits per heavy atom. The summed E-state index contributed by atoms with van der Waals surface area (Å²) in [5.41, 5.74) is 0. The summed E-state index contributed by atoms with van der Waals surface area (Å²) >= 11 is 0. The second-order valence-corrected chi connectivity index (χ2v) is 3.82. The van der Waals surface area contributed by atoms with E-state index in [1.54, 1.807) is 18.5 Å². The Kier molecular flexibility index (Phi) is 6.13. The van der Waals surface area contributed by atoms with Gasteiger partial charge in [-0.05, 0) is 39.7 Å². The number of nitrogens with zero attached hydrogens (tertiary/aromatic N) is 3. The normalized spacial score (nSPS) is 10.5. The molecule has 0 aliphatic rings. The number of hydrogen-bond acceptors (Lipinski definition) is 5. The van der Waals surface area contributed by atoms with Crippen LogP contribution in [0, 0.1) is 0 Å². The molecule has 0 saturated heterocycles. The van der Waals surface area contributed by atoms with Crippen molar-refractivity contribution < 1.29 is 4.79 Å². The number of likely N-dealkylation sites (N-methyl/N-ethyl adjacent to an activating group) is 1. The second-order valence-electron chi connectivity index (χ2n) is 3.82. The van der Waals surface area contributed by atoms with E-state index in [-0.39, 0.29) is 5.91 Å². The number of rotatable bonds is 7. The predicted molar refractivity (Wildman–Crippen MR) is 66.7 cm³/mol. The molecule has 0 unspecified atom stereocenters. The van der Waals surface area contributed by atoms with Gasteiger partial charge in [0, 0.05) is 12.4 Å². The zero-order valence-corrected chi connectivity index (χ0v) is 10.3. The molecule has 0 radical (unpaired) electrons. The van der Waals surface area contributed by atoms with Gasteiger partial charge in [-0.1, -0.05) is 0 Å². The van der Waals surface area contributed by atoms with E-state index in [1.807, 2.05) is 19.0 Å². The fourth-order valence-corrected chi connectivity index (χ4v) is 1.38. The summed E-state index contributed by atoms with van der Waals surface area (Å²) < 4.78 is 0. The van der Waals surface area contributed by atoms with Crippen LogP contribution < -0.4 is 10.6 Å². The average Bonchev–Trinajstić information content (AvgIpc) is 2.30. The van der Waals surface area contributed by atoms with Crippen LogP contribution in [0.1, 0.15) is 6.42 Å². The lowest BCUT2D eigenvalue weighted by atomic mass is 10.4. The first-order valence-corrected chi connectivity index (χ1v) is 5.62. The fourth-order valence-electron chi connectivity index (χ4n) is 1.38. The highest BCUT2D eigenvalue weighted by atomic mass is 16.2. The molecule has 94 valence electrons. The Morgan fingerprint density at radius 2 is 2.12 bits per heavy atom.